The number of amides is 1. The summed E-state index contributed by atoms with van der Waals surface area (Å²) in [6, 6.07) is 13.9. The van der Waals surface area contributed by atoms with Crippen molar-refractivity contribution in [2.45, 2.75) is 37.8 Å². The zero-order valence-electron chi connectivity index (χ0n) is 18.5. The molecule has 1 aromatic heterocycles. The highest BCUT2D eigenvalue weighted by atomic mass is 16.5. The molecule has 0 aliphatic carbocycles. The second kappa shape index (κ2) is 8.50. The lowest BCUT2D eigenvalue weighted by molar-refractivity contribution is -0.124. The van der Waals surface area contributed by atoms with Crippen LogP contribution >= 0.6 is 0 Å². The van der Waals surface area contributed by atoms with Crippen molar-refractivity contribution in [2.24, 2.45) is 0 Å². The number of aromatic amines is 1. The number of para-hydroxylation sites is 1. The number of aromatic nitrogens is 1. The molecule has 1 fully saturated rings. The number of nitrogens with zero attached hydrogens (tertiary/aromatic N) is 1. The number of piperidine rings is 1. The van der Waals surface area contributed by atoms with Crippen molar-refractivity contribution < 1.29 is 19.5 Å². The first-order valence-electron chi connectivity index (χ1n) is 11.3. The Balaban J connectivity index is 1.37. The van der Waals surface area contributed by atoms with Crippen molar-refractivity contribution in [1.29, 1.82) is 0 Å². The average Bonchev–Trinajstić information content (AvgIpc) is 3.26. The number of carbonyl (C=O) groups is 2. The predicted octanol–water partition coefficient (Wildman–Crippen LogP) is 4.25. The van der Waals surface area contributed by atoms with E-state index in [0.717, 1.165) is 24.9 Å². The summed E-state index contributed by atoms with van der Waals surface area (Å²) < 4.78 is 6.50. The molecular formula is C26H27N3O4. The van der Waals surface area contributed by atoms with Gasteiger partial charge in [-0.25, -0.2) is 5.48 Å². The summed E-state index contributed by atoms with van der Waals surface area (Å²) in [7, 11) is 0. The molecule has 7 heteroatoms. The smallest absolute Gasteiger partial charge is 0.267 e. The van der Waals surface area contributed by atoms with Crippen LogP contribution in [0.2, 0.25) is 0 Å². The van der Waals surface area contributed by atoms with Crippen molar-refractivity contribution >= 4 is 28.7 Å². The summed E-state index contributed by atoms with van der Waals surface area (Å²) in [6.07, 6.45) is 6.99. The van der Waals surface area contributed by atoms with E-state index in [1.807, 2.05) is 6.07 Å². The van der Waals surface area contributed by atoms with Crippen LogP contribution < -0.4 is 10.2 Å². The second-order valence-electron chi connectivity index (χ2n) is 8.99. The summed E-state index contributed by atoms with van der Waals surface area (Å²) in [5.41, 5.74) is 4.64. The van der Waals surface area contributed by atoms with E-state index in [9.17, 15) is 9.59 Å². The molecule has 0 saturated carbocycles. The van der Waals surface area contributed by atoms with Crippen LogP contribution in [0.15, 0.2) is 54.7 Å². The van der Waals surface area contributed by atoms with Gasteiger partial charge in [-0.1, -0.05) is 24.3 Å². The first-order valence-corrected chi connectivity index (χ1v) is 11.3. The fourth-order valence-corrected chi connectivity index (χ4v) is 5.15. The second-order valence-corrected chi connectivity index (χ2v) is 8.99. The summed E-state index contributed by atoms with van der Waals surface area (Å²) in [5.74, 6) is 0.0252. The molecule has 2 unspecified atom stereocenters. The highest BCUT2D eigenvalue weighted by Gasteiger charge is 2.44. The number of ether oxygens (including phenoxy) is 1. The van der Waals surface area contributed by atoms with Gasteiger partial charge in [0.25, 0.3) is 5.91 Å². The molecule has 170 valence electrons. The van der Waals surface area contributed by atoms with Gasteiger partial charge >= 0.3 is 0 Å². The van der Waals surface area contributed by atoms with Crippen LogP contribution in [0.5, 0.6) is 5.75 Å². The summed E-state index contributed by atoms with van der Waals surface area (Å²) in [5, 5.41) is 9.86. The third-order valence-electron chi connectivity index (χ3n) is 6.84. The maximum absolute atomic E-state index is 13.1. The van der Waals surface area contributed by atoms with E-state index in [1.54, 1.807) is 29.8 Å². The molecular weight excluding hydrogens is 418 g/mol. The lowest BCUT2D eigenvalue weighted by Crippen LogP contribution is -2.55. The molecule has 2 aliphatic rings. The summed E-state index contributed by atoms with van der Waals surface area (Å²) in [6.45, 7) is 3.87. The van der Waals surface area contributed by atoms with Crippen LogP contribution in [0.25, 0.3) is 17.0 Å². The molecule has 1 spiro atoms. The van der Waals surface area contributed by atoms with E-state index in [2.05, 4.69) is 41.2 Å². The van der Waals surface area contributed by atoms with Crippen molar-refractivity contribution in [2.75, 3.05) is 13.1 Å². The molecule has 3 aromatic rings. The van der Waals surface area contributed by atoms with E-state index in [4.69, 9.17) is 9.94 Å². The molecule has 2 aromatic carbocycles. The Bertz CT molecular complexity index is 1250. The topological polar surface area (TPSA) is 94.7 Å². The van der Waals surface area contributed by atoms with E-state index in [1.165, 1.54) is 17.0 Å². The van der Waals surface area contributed by atoms with Gasteiger partial charge < -0.3 is 9.72 Å². The summed E-state index contributed by atoms with van der Waals surface area (Å²) in [4.78, 5) is 30.2. The molecule has 0 radical (unpaired) electrons. The van der Waals surface area contributed by atoms with Gasteiger partial charge in [0.2, 0.25) is 0 Å². The molecule has 0 bridgehead atoms. The van der Waals surface area contributed by atoms with Gasteiger partial charge in [0.05, 0.1) is 12.0 Å². The molecule has 33 heavy (non-hydrogen) atoms. The number of Topliss-reactive ketones (excluding diaryl/α,β-unsaturated/α-hetero) is 1. The fourth-order valence-electron chi connectivity index (χ4n) is 5.15. The number of carbonyl (C=O) groups excluding carboxylic acids is 2. The molecule has 1 saturated heterocycles. The van der Waals surface area contributed by atoms with Crippen molar-refractivity contribution in [1.82, 2.24) is 15.4 Å². The highest BCUT2D eigenvalue weighted by molar-refractivity contribution is 6.01. The van der Waals surface area contributed by atoms with Gasteiger partial charge in [-0.3, -0.25) is 19.7 Å². The minimum atomic E-state index is -0.624. The number of fused-ring (bicyclic) bond motifs is 2. The molecule has 3 N–H and O–H groups in total. The van der Waals surface area contributed by atoms with E-state index in [0.29, 0.717) is 29.8 Å². The zero-order valence-corrected chi connectivity index (χ0v) is 18.5. The maximum Gasteiger partial charge on any atom is 0.267 e. The number of H-pyrrole nitrogens is 1. The maximum atomic E-state index is 13.1. The molecule has 3 heterocycles. The minimum absolute atomic E-state index is 0.0553. The first kappa shape index (κ1) is 21.4. The van der Waals surface area contributed by atoms with E-state index >= 15 is 0 Å². The van der Waals surface area contributed by atoms with Crippen molar-refractivity contribution in [3.05, 3.63) is 71.4 Å². The SMILES string of the molecule is CC(c1c[nH]c2ccccc12)N1CCCC2(CC(=O)c3cc(/C=C/C(=O)NO)ccc3O2)C1. The monoisotopic (exact) mass is 445 g/mol. The standard InChI is InChI=1S/C26H27N3O4/c1-17(21-15-27-22-6-3-2-5-19(21)22)29-12-4-11-26(16-29)14-23(30)20-13-18(7-9-24(20)33-26)8-10-25(31)28-32/h2-3,5-10,13,15,17,27,32H,4,11-12,14,16H2,1H3,(H,28,31)/b10-8+. The number of hydroxylamine groups is 1. The Morgan fingerprint density at radius 2 is 2.15 bits per heavy atom. The quantitative estimate of drug-likeness (QED) is 0.317. The van der Waals surface area contributed by atoms with Crippen LogP contribution in [-0.4, -0.2) is 45.5 Å². The minimum Gasteiger partial charge on any atom is -0.485 e. The third-order valence-corrected chi connectivity index (χ3v) is 6.84. The third kappa shape index (κ3) is 4.05. The van der Waals surface area contributed by atoms with Crippen LogP contribution in [0.1, 0.15) is 53.7 Å². The number of benzene rings is 2. The van der Waals surface area contributed by atoms with Gasteiger partial charge in [0, 0.05) is 35.8 Å². The molecule has 1 amide bonds. The van der Waals surface area contributed by atoms with Gasteiger partial charge in [0.1, 0.15) is 11.4 Å². The van der Waals surface area contributed by atoms with Crippen molar-refractivity contribution in [3.63, 3.8) is 0 Å². The Labute approximate surface area is 192 Å². The zero-order chi connectivity index (χ0) is 23.0. The average molecular weight is 446 g/mol. The van der Waals surface area contributed by atoms with Crippen LogP contribution in [-0.2, 0) is 4.79 Å². The number of hydrogen-bond acceptors (Lipinski definition) is 5. The number of rotatable bonds is 4. The predicted molar refractivity (Wildman–Crippen MR) is 125 cm³/mol. The number of nitrogens with one attached hydrogen (secondary N) is 2. The number of likely N-dealkylation sites (tertiary alicyclic amines) is 1. The number of hydrogen-bond donors (Lipinski definition) is 3. The Morgan fingerprint density at radius 3 is 3.00 bits per heavy atom. The fraction of sp³-hybridized carbons (Fsp3) is 0.308. The lowest BCUT2D eigenvalue weighted by atomic mass is 9.82. The Morgan fingerprint density at radius 1 is 1.30 bits per heavy atom. The molecule has 2 aliphatic heterocycles. The first-order chi connectivity index (χ1) is 16.0. The van der Waals surface area contributed by atoms with Gasteiger partial charge in [-0.05, 0) is 61.7 Å². The highest BCUT2D eigenvalue weighted by Crippen LogP contribution is 2.41. The van der Waals surface area contributed by atoms with Gasteiger partial charge in [0.15, 0.2) is 5.78 Å². The largest absolute Gasteiger partial charge is 0.485 e. The lowest BCUT2D eigenvalue weighted by Gasteiger charge is -2.46. The Kier molecular flexibility index (Phi) is 5.52. The van der Waals surface area contributed by atoms with E-state index in [-0.39, 0.29) is 11.8 Å². The molecule has 2 atom stereocenters. The van der Waals surface area contributed by atoms with Gasteiger partial charge in [-0.2, -0.15) is 0 Å². The van der Waals surface area contributed by atoms with Crippen LogP contribution in [0.4, 0.5) is 0 Å². The molecule has 5 rings (SSSR count). The van der Waals surface area contributed by atoms with Crippen LogP contribution in [0, 0.1) is 0 Å². The molecule has 7 nitrogen and oxygen atoms in total. The number of ketones is 1. The normalized spacial score (nSPS) is 21.8. The van der Waals surface area contributed by atoms with E-state index < -0.39 is 11.5 Å². The van der Waals surface area contributed by atoms with Gasteiger partial charge in [-0.15, -0.1) is 0 Å². The summed E-state index contributed by atoms with van der Waals surface area (Å²) >= 11 is 0. The Hall–Kier alpha value is -3.42. The van der Waals surface area contributed by atoms with Crippen LogP contribution in [0.3, 0.4) is 0 Å². The van der Waals surface area contributed by atoms with Crippen molar-refractivity contribution in [3.8, 4) is 5.75 Å².